The molecule has 2 rings (SSSR count). The summed E-state index contributed by atoms with van der Waals surface area (Å²) in [5, 5.41) is 5.09. The number of hydrogen-bond donors (Lipinski definition) is 1. The maximum Gasteiger partial charge on any atom is 0.156 e. The van der Waals surface area contributed by atoms with Crippen molar-refractivity contribution in [3.63, 3.8) is 0 Å². The number of nitrogens with zero attached hydrogens (tertiary/aromatic N) is 1. The van der Waals surface area contributed by atoms with Gasteiger partial charge >= 0.3 is 0 Å². The number of nitrogens with one attached hydrogen (secondary N) is 1. The molecule has 0 aliphatic rings. The van der Waals surface area contributed by atoms with Crippen molar-refractivity contribution in [3.8, 4) is 5.75 Å². The summed E-state index contributed by atoms with van der Waals surface area (Å²) in [6.07, 6.45) is 1.67. The van der Waals surface area contributed by atoms with Crippen LogP contribution < -0.4 is 10.2 Å². The largest absolute Gasteiger partial charge is 0.488 e. The summed E-state index contributed by atoms with van der Waals surface area (Å²) >= 11 is 12.4. The Bertz CT molecular complexity index is 604. The van der Waals surface area contributed by atoms with Gasteiger partial charge in [0.25, 0.3) is 0 Å². The lowest BCUT2D eigenvalue weighted by Gasteiger charge is -2.13. The van der Waals surface area contributed by atoms with Gasteiger partial charge in [-0.05, 0) is 43.7 Å². The first-order valence-electron chi connectivity index (χ1n) is 6.56. The highest BCUT2D eigenvalue weighted by Gasteiger charge is 2.10. The van der Waals surface area contributed by atoms with E-state index in [0.717, 1.165) is 11.3 Å². The highest BCUT2D eigenvalue weighted by Crippen LogP contribution is 2.34. The summed E-state index contributed by atoms with van der Waals surface area (Å²) in [5.74, 6) is 0.501. The average Bonchev–Trinajstić information content (AvgIpc) is 2.44. The SMILES string of the molecule is CC(C)Oc1c(Cl)cc(/C=N/Nc2ccccc2)cc1Cl. The van der Waals surface area contributed by atoms with E-state index in [9.17, 15) is 0 Å². The minimum atomic E-state index is 0.0132. The summed E-state index contributed by atoms with van der Waals surface area (Å²) in [4.78, 5) is 0. The zero-order chi connectivity index (χ0) is 15.2. The molecule has 5 heteroatoms. The quantitative estimate of drug-likeness (QED) is 0.604. The molecular weight excluding hydrogens is 307 g/mol. The van der Waals surface area contributed by atoms with Crippen molar-refractivity contribution in [1.29, 1.82) is 0 Å². The minimum Gasteiger partial charge on any atom is -0.488 e. The van der Waals surface area contributed by atoms with Crippen LogP contribution in [0.15, 0.2) is 47.6 Å². The second kappa shape index (κ2) is 7.34. The Hall–Kier alpha value is -1.71. The highest BCUT2D eigenvalue weighted by molar-refractivity contribution is 6.37. The van der Waals surface area contributed by atoms with Gasteiger partial charge in [-0.1, -0.05) is 41.4 Å². The van der Waals surface area contributed by atoms with Crippen molar-refractivity contribution in [2.24, 2.45) is 5.10 Å². The van der Waals surface area contributed by atoms with Crippen LogP contribution >= 0.6 is 23.2 Å². The third-order valence-electron chi connectivity index (χ3n) is 2.56. The lowest BCUT2D eigenvalue weighted by atomic mass is 10.2. The van der Waals surface area contributed by atoms with E-state index in [0.29, 0.717) is 15.8 Å². The normalized spacial score (nSPS) is 11.1. The van der Waals surface area contributed by atoms with Gasteiger partial charge in [-0.25, -0.2) is 0 Å². The van der Waals surface area contributed by atoms with E-state index in [4.69, 9.17) is 27.9 Å². The number of ether oxygens (including phenoxy) is 1. The smallest absolute Gasteiger partial charge is 0.156 e. The van der Waals surface area contributed by atoms with E-state index < -0.39 is 0 Å². The number of hydrazone groups is 1. The fraction of sp³-hybridized carbons (Fsp3) is 0.188. The van der Waals surface area contributed by atoms with E-state index in [1.807, 2.05) is 44.2 Å². The second-order valence-corrected chi connectivity index (χ2v) is 5.53. The number of hydrogen-bond acceptors (Lipinski definition) is 3. The molecule has 0 aliphatic carbocycles. The predicted octanol–water partition coefficient (Wildman–Crippen LogP) is 5.23. The van der Waals surface area contributed by atoms with Crippen molar-refractivity contribution >= 4 is 35.1 Å². The molecular formula is C16H16Cl2N2O. The lowest BCUT2D eigenvalue weighted by molar-refractivity contribution is 0.243. The van der Waals surface area contributed by atoms with Crippen LogP contribution in [-0.4, -0.2) is 12.3 Å². The number of rotatable bonds is 5. The van der Waals surface area contributed by atoms with E-state index in [-0.39, 0.29) is 6.10 Å². The Morgan fingerprint density at radius 2 is 1.71 bits per heavy atom. The van der Waals surface area contributed by atoms with Gasteiger partial charge in [-0.3, -0.25) is 5.43 Å². The molecule has 21 heavy (non-hydrogen) atoms. The fourth-order valence-electron chi connectivity index (χ4n) is 1.70. The molecule has 0 atom stereocenters. The highest BCUT2D eigenvalue weighted by atomic mass is 35.5. The molecule has 110 valence electrons. The molecule has 3 nitrogen and oxygen atoms in total. The van der Waals surface area contributed by atoms with Gasteiger partial charge in [0.1, 0.15) is 0 Å². The second-order valence-electron chi connectivity index (χ2n) is 4.72. The van der Waals surface area contributed by atoms with Crippen LogP contribution in [0, 0.1) is 0 Å². The van der Waals surface area contributed by atoms with Crippen LogP contribution in [0.5, 0.6) is 5.75 Å². The molecule has 0 heterocycles. The molecule has 0 saturated carbocycles. The van der Waals surface area contributed by atoms with E-state index >= 15 is 0 Å². The van der Waals surface area contributed by atoms with Crippen LogP contribution in [0.4, 0.5) is 5.69 Å². The molecule has 0 fully saturated rings. The first kappa shape index (κ1) is 15.7. The molecule has 2 aromatic carbocycles. The summed E-state index contributed by atoms with van der Waals surface area (Å²) in [6, 6.07) is 13.2. The van der Waals surface area contributed by atoms with Gasteiger partial charge in [-0.2, -0.15) is 5.10 Å². The molecule has 0 radical (unpaired) electrons. The van der Waals surface area contributed by atoms with Crippen molar-refractivity contribution in [3.05, 3.63) is 58.1 Å². The number of para-hydroxylation sites is 1. The lowest BCUT2D eigenvalue weighted by Crippen LogP contribution is -2.06. The first-order valence-corrected chi connectivity index (χ1v) is 7.31. The van der Waals surface area contributed by atoms with Gasteiger partial charge < -0.3 is 4.74 Å². The Labute approximate surface area is 134 Å². The van der Waals surface area contributed by atoms with Crippen LogP contribution in [-0.2, 0) is 0 Å². The third kappa shape index (κ3) is 4.66. The summed E-state index contributed by atoms with van der Waals surface area (Å²) in [6.45, 7) is 3.84. The fourth-order valence-corrected chi connectivity index (χ4v) is 2.29. The average molecular weight is 323 g/mol. The Balaban J connectivity index is 2.11. The number of benzene rings is 2. The van der Waals surface area contributed by atoms with E-state index in [1.54, 1.807) is 18.3 Å². The van der Waals surface area contributed by atoms with Gasteiger partial charge in [0.05, 0.1) is 28.1 Å². The van der Waals surface area contributed by atoms with Crippen LogP contribution in [0.3, 0.4) is 0 Å². The topological polar surface area (TPSA) is 33.6 Å². The summed E-state index contributed by atoms with van der Waals surface area (Å²) in [7, 11) is 0. The summed E-state index contributed by atoms with van der Waals surface area (Å²) < 4.78 is 5.58. The molecule has 0 unspecified atom stereocenters. The molecule has 0 saturated heterocycles. The van der Waals surface area contributed by atoms with Crippen molar-refractivity contribution in [1.82, 2.24) is 0 Å². The van der Waals surface area contributed by atoms with Gasteiger partial charge in [-0.15, -0.1) is 0 Å². The molecule has 0 spiro atoms. The molecule has 1 N–H and O–H groups in total. The minimum absolute atomic E-state index is 0.0132. The zero-order valence-electron chi connectivity index (χ0n) is 11.8. The third-order valence-corrected chi connectivity index (χ3v) is 3.12. The van der Waals surface area contributed by atoms with Crippen molar-refractivity contribution in [2.45, 2.75) is 20.0 Å². The van der Waals surface area contributed by atoms with Crippen LogP contribution in [0.1, 0.15) is 19.4 Å². The van der Waals surface area contributed by atoms with Crippen LogP contribution in [0.25, 0.3) is 0 Å². The first-order chi connectivity index (χ1) is 10.1. The number of halogens is 2. The van der Waals surface area contributed by atoms with Crippen molar-refractivity contribution in [2.75, 3.05) is 5.43 Å². The monoisotopic (exact) mass is 322 g/mol. The predicted molar refractivity (Wildman–Crippen MR) is 89.9 cm³/mol. The van der Waals surface area contributed by atoms with Gasteiger partial charge in [0.15, 0.2) is 5.75 Å². The van der Waals surface area contributed by atoms with E-state index in [2.05, 4.69) is 10.5 Å². The van der Waals surface area contributed by atoms with E-state index in [1.165, 1.54) is 0 Å². The molecule has 0 aromatic heterocycles. The Morgan fingerprint density at radius 3 is 2.29 bits per heavy atom. The van der Waals surface area contributed by atoms with Gasteiger partial charge in [0, 0.05) is 0 Å². The maximum atomic E-state index is 6.18. The van der Waals surface area contributed by atoms with Crippen LogP contribution in [0.2, 0.25) is 10.0 Å². The zero-order valence-corrected chi connectivity index (χ0v) is 13.3. The summed E-state index contributed by atoms with van der Waals surface area (Å²) in [5.41, 5.74) is 4.63. The molecule has 0 amide bonds. The van der Waals surface area contributed by atoms with Gasteiger partial charge in [0.2, 0.25) is 0 Å². The standard InChI is InChI=1S/C16H16Cl2N2O/c1-11(2)21-16-14(17)8-12(9-15(16)18)10-19-20-13-6-4-3-5-7-13/h3-11,20H,1-2H3/b19-10+. The molecule has 0 bridgehead atoms. The molecule has 2 aromatic rings. The number of anilines is 1. The Morgan fingerprint density at radius 1 is 1.10 bits per heavy atom. The van der Waals surface area contributed by atoms with Crippen molar-refractivity contribution < 1.29 is 4.74 Å². The maximum absolute atomic E-state index is 6.18. The molecule has 0 aliphatic heterocycles. The Kier molecular flexibility index (Phi) is 5.48.